The summed E-state index contributed by atoms with van der Waals surface area (Å²) in [6, 6.07) is 12.4. The van der Waals surface area contributed by atoms with Gasteiger partial charge in [0.2, 0.25) is 0 Å². The molecule has 5 heteroatoms. The third kappa shape index (κ3) is 2.77. The molecule has 0 aliphatic rings. The van der Waals surface area contributed by atoms with Crippen molar-refractivity contribution in [3.63, 3.8) is 0 Å². The summed E-state index contributed by atoms with van der Waals surface area (Å²) in [6.45, 7) is 2.09. The van der Waals surface area contributed by atoms with Crippen LogP contribution in [-0.4, -0.2) is 19.2 Å². The molecular formula is C20H16BrNO2S. The van der Waals surface area contributed by atoms with Crippen LogP contribution in [0.1, 0.15) is 5.56 Å². The molecule has 25 heavy (non-hydrogen) atoms. The first kappa shape index (κ1) is 16.4. The molecule has 2 aromatic carbocycles. The zero-order valence-electron chi connectivity index (χ0n) is 14.1. The van der Waals surface area contributed by atoms with Gasteiger partial charge in [0, 0.05) is 26.7 Å². The summed E-state index contributed by atoms with van der Waals surface area (Å²) >= 11 is 5.20. The quantitative estimate of drug-likeness (QED) is 0.374. The van der Waals surface area contributed by atoms with Gasteiger partial charge in [-0.3, -0.25) is 0 Å². The van der Waals surface area contributed by atoms with E-state index < -0.39 is 0 Å². The SMILES string of the molecule is COc1cc(OC)c2c(-c3cc(Br)cs3)nc3ccc(C)cc3c2c1. The van der Waals surface area contributed by atoms with E-state index in [0.29, 0.717) is 0 Å². The predicted molar refractivity (Wildman–Crippen MR) is 108 cm³/mol. The van der Waals surface area contributed by atoms with Gasteiger partial charge in [0.05, 0.1) is 35.7 Å². The second-order valence-corrected chi connectivity index (χ2v) is 7.69. The van der Waals surface area contributed by atoms with Crippen LogP contribution in [0.15, 0.2) is 46.3 Å². The maximum absolute atomic E-state index is 5.69. The average molecular weight is 414 g/mol. The molecule has 0 saturated carbocycles. The van der Waals surface area contributed by atoms with Gasteiger partial charge < -0.3 is 9.47 Å². The smallest absolute Gasteiger partial charge is 0.132 e. The lowest BCUT2D eigenvalue weighted by molar-refractivity contribution is 0.398. The molecule has 0 unspecified atom stereocenters. The van der Waals surface area contributed by atoms with Crippen molar-refractivity contribution in [2.45, 2.75) is 6.92 Å². The summed E-state index contributed by atoms with van der Waals surface area (Å²) in [4.78, 5) is 6.06. The fourth-order valence-electron chi connectivity index (χ4n) is 3.08. The number of rotatable bonds is 3. The van der Waals surface area contributed by atoms with Crippen molar-refractivity contribution in [2.75, 3.05) is 14.2 Å². The van der Waals surface area contributed by atoms with Gasteiger partial charge in [-0.1, -0.05) is 11.6 Å². The minimum Gasteiger partial charge on any atom is -0.497 e. The summed E-state index contributed by atoms with van der Waals surface area (Å²) in [5.74, 6) is 1.54. The van der Waals surface area contributed by atoms with Gasteiger partial charge in [0.1, 0.15) is 11.5 Å². The Hall–Kier alpha value is -2.11. The molecule has 4 rings (SSSR count). The van der Waals surface area contributed by atoms with E-state index in [1.165, 1.54) is 5.56 Å². The minimum absolute atomic E-state index is 0.768. The second kappa shape index (κ2) is 6.32. The van der Waals surface area contributed by atoms with Gasteiger partial charge in [0.25, 0.3) is 0 Å². The molecular weight excluding hydrogens is 398 g/mol. The molecule has 3 nitrogen and oxygen atoms in total. The van der Waals surface area contributed by atoms with E-state index in [2.05, 4.69) is 58.6 Å². The fourth-order valence-corrected chi connectivity index (χ4v) is 4.50. The molecule has 0 fully saturated rings. The summed E-state index contributed by atoms with van der Waals surface area (Å²) in [5.41, 5.74) is 3.10. The molecule has 0 amide bonds. The van der Waals surface area contributed by atoms with Crippen LogP contribution in [0.5, 0.6) is 11.5 Å². The maximum atomic E-state index is 5.69. The Morgan fingerprint density at radius 1 is 1.00 bits per heavy atom. The highest BCUT2D eigenvalue weighted by Gasteiger charge is 2.17. The van der Waals surface area contributed by atoms with Crippen molar-refractivity contribution < 1.29 is 9.47 Å². The number of methoxy groups -OCH3 is 2. The molecule has 0 N–H and O–H groups in total. The predicted octanol–water partition coefficient (Wildman–Crippen LogP) is 6.20. The van der Waals surface area contributed by atoms with Crippen LogP contribution in [0, 0.1) is 6.92 Å². The summed E-state index contributed by atoms with van der Waals surface area (Å²) in [5, 5.41) is 5.27. The van der Waals surface area contributed by atoms with Crippen LogP contribution in [0.2, 0.25) is 0 Å². The highest BCUT2D eigenvalue weighted by Crippen LogP contribution is 2.42. The fraction of sp³-hybridized carbons (Fsp3) is 0.150. The first-order valence-electron chi connectivity index (χ1n) is 7.81. The number of pyridine rings is 1. The molecule has 0 aliphatic carbocycles. The average Bonchev–Trinajstić information content (AvgIpc) is 3.06. The summed E-state index contributed by atoms with van der Waals surface area (Å²) in [6.07, 6.45) is 0. The van der Waals surface area contributed by atoms with Crippen LogP contribution < -0.4 is 9.47 Å². The van der Waals surface area contributed by atoms with Crippen LogP contribution >= 0.6 is 27.3 Å². The summed E-state index contributed by atoms with van der Waals surface area (Å²) < 4.78 is 12.2. The van der Waals surface area contributed by atoms with Crippen molar-refractivity contribution in [2.24, 2.45) is 0 Å². The molecule has 0 aliphatic heterocycles. The standard InChI is InChI=1S/C20H16BrNO2S/c1-11-4-5-16-14(6-11)15-8-13(23-2)9-17(24-3)19(15)20(22-16)18-7-12(21)10-25-18/h4-10H,1-3H3. The van der Waals surface area contributed by atoms with Crippen LogP contribution in [0.3, 0.4) is 0 Å². The topological polar surface area (TPSA) is 31.4 Å². The number of fused-ring (bicyclic) bond motifs is 3. The molecule has 0 saturated heterocycles. The second-order valence-electron chi connectivity index (χ2n) is 5.86. The van der Waals surface area contributed by atoms with E-state index in [9.17, 15) is 0 Å². The van der Waals surface area contributed by atoms with Crippen LogP contribution in [-0.2, 0) is 0 Å². The highest BCUT2D eigenvalue weighted by atomic mass is 79.9. The van der Waals surface area contributed by atoms with E-state index >= 15 is 0 Å². The van der Waals surface area contributed by atoms with Gasteiger partial charge in [-0.05, 0) is 47.1 Å². The van der Waals surface area contributed by atoms with E-state index in [-0.39, 0.29) is 0 Å². The first-order valence-corrected chi connectivity index (χ1v) is 9.48. The number of hydrogen-bond donors (Lipinski definition) is 0. The van der Waals surface area contributed by atoms with E-state index in [4.69, 9.17) is 14.5 Å². The summed E-state index contributed by atoms with van der Waals surface area (Å²) in [7, 11) is 3.36. The monoisotopic (exact) mass is 413 g/mol. The number of halogens is 1. The maximum Gasteiger partial charge on any atom is 0.132 e. The molecule has 2 aromatic heterocycles. The molecule has 0 spiro atoms. The van der Waals surface area contributed by atoms with E-state index in [1.807, 2.05) is 6.07 Å². The largest absolute Gasteiger partial charge is 0.497 e. The molecule has 126 valence electrons. The Morgan fingerprint density at radius 2 is 1.84 bits per heavy atom. The Bertz CT molecular complexity index is 1100. The van der Waals surface area contributed by atoms with Crippen molar-refractivity contribution in [3.8, 4) is 22.1 Å². The molecule has 4 aromatic rings. The van der Waals surface area contributed by atoms with Gasteiger partial charge in [0.15, 0.2) is 0 Å². The zero-order valence-corrected chi connectivity index (χ0v) is 16.5. The zero-order chi connectivity index (χ0) is 17.6. The molecule has 0 atom stereocenters. The van der Waals surface area contributed by atoms with Crippen molar-refractivity contribution >= 4 is 48.9 Å². The molecule has 0 bridgehead atoms. The number of ether oxygens (including phenoxy) is 2. The third-order valence-electron chi connectivity index (χ3n) is 4.24. The van der Waals surface area contributed by atoms with E-state index in [1.54, 1.807) is 25.6 Å². The van der Waals surface area contributed by atoms with Crippen LogP contribution in [0.4, 0.5) is 0 Å². The highest BCUT2D eigenvalue weighted by molar-refractivity contribution is 9.10. The van der Waals surface area contributed by atoms with Gasteiger partial charge in [-0.2, -0.15) is 0 Å². The first-order chi connectivity index (χ1) is 12.1. The van der Waals surface area contributed by atoms with Crippen molar-refractivity contribution in [1.29, 1.82) is 0 Å². The third-order valence-corrected chi connectivity index (χ3v) is 5.94. The van der Waals surface area contributed by atoms with Crippen LogP contribution in [0.25, 0.3) is 32.2 Å². The lowest BCUT2D eigenvalue weighted by Gasteiger charge is -2.14. The normalized spacial score (nSPS) is 11.2. The number of aromatic nitrogens is 1. The van der Waals surface area contributed by atoms with Crippen molar-refractivity contribution in [1.82, 2.24) is 4.98 Å². The Kier molecular flexibility index (Phi) is 4.13. The number of aryl methyl sites for hydroxylation is 1. The number of benzene rings is 2. The molecule has 0 radical (unpaired) electrons. The van der Waals surface area contributed by atoms with Crippen molar-refractivity contribution in [3.05, 3.63) is 51.8 Å². The number of hydrogen-bond acceptors (Lipinski definition) is 4. The Balaban J connectivity index is 2.21. The number of thiophene rings is 1. The Labute approximate surface area is 158 Å². The lowest BCUT2D eigenvalue weighted by atomic mass is 10.0. The Morgan fingerprint density at radius 3 is 2.52 bits per heavy atom. The molecule has 2 heterocycles. The van der Waals surface area contributed by atoms with Gasteiger partial charge in [-0.15, -0.1) is 11.3 Å². The minimum atomic E-state index is 0.768. The van der Waals surface area contributed by atoms with E-state index in [0.717, 1.165) is 48.2 Å². The van der Waals surface area contributed by atoms with Gasteiger partial charge >= 0.3 is 0 Å². The van der Waals surface area contributed by atoms with Gasteiger partial charge in [-0.25, -0.2) is 4.98 Å². The lowest BCUT2D eigenvalue weighted by Crippen LogP contribution is -1.94. The number of nitrogens with zero attached hydrogens (tertiary/aromatic N) is 1.